The normalized spacial score (nSPS) is 26.3. The summed E-state index contributed by atoms with van der Waals surface area (Å²) >= 11 is 1.88. The third kappa shape index (κ3) is 5.38. The van der Waals surface area contributed by atoms with E-state index in [1.54, 1.807) is 0 Å². The molecule has 1 saturated heterocycles. The molecule has 1 rings (SSSR count). The number of nitrogens with one attached hydrogen (secondary N) is 1. The second kappa shape index (κ2) is 8.89. The first kappa shape index (κ1) is 16.9. The van der Waals surface area contributed by atoms with Crippen LogP contribution in [0.4, 0.5) is 0 Å². The van der Waals surface area contributed by atoms with Gasteiger partial charge in [-0.25, -0.2) is 0 Å². The molecule has 0 aliphatic carbocycles. The molecule has 0 aromatic heterocycles. The molecular weight excluding hydrogens is 252 g/mol. The fourth-order valence-corrected chi connectivity index (χ4v) is 3.37. The highest BCUT2D eigenvalue weighted by Crippen LogP contribution is 2.20. The predicted octanol–water partition coefficient (Wildman–Crippen LogP) is 2.70. The lowest BCUT2D eigenvalue weighted by atomic mass is 9.92. The van der Waals surface area contributed by atoms with Gasteiger partial charge in [-0.2, -0.15) is 0 Å². The SMILES string of the molecule is C#CCSCCN1CC(C(C)CC)NCC1C(C)C. The molecule has 0 saturated carbocycles. The van der Waals surface area contributed by atoms with Gasteiger partial charge >= 0.3 is 0 Å². The number of terminal acetylenes is 1. The van der Waals surface area contributed by atoms with Crippen LogP contribution in [-0.2, 0) is 0 Å². The van der Waals surface area contributed by atoms with E-state index >= 15 is 0 Å². The summed E-state index contributed by atoms with van der Waals surface area (Å²) < 4.78 is 0. The van der Waals surface area contributed by atoms with E-state index in [2.05, 4.69) is 43.8 Å². The molecule has 110 valence electrons. The number of hydrogen-bond acceptors (Lipinski definition) is 3. The van der Waals surface area contributed by atoms with Gasteiger partial charge in [0.15, 0.2) is 0 Å². The van der Waals surface area contributed by atoms with Crippen LogP contribution in [0.1, 0.15) is 34.1 Å². The van der Waals surface area contributed by atoms with Gasteiger partial charge in [0.05, 0.1) is 5.75 Å². The van der Waals surface area contributed by atoms with Crippen LogP contribution < -0.4 is 5.32 Å². The predicted molar refractivity (Wildman–Crippen MR) is 87.6 cm³/mol. The zero-order chi connectivity index (χ0) is 14.3. The summed E-state index contributed by atoms with van der Waals surface area (Å²) in [6, 6.07) is 1.32. The van der Waals surface area contributed by atoms with Crippen molar-refractivity contribution >= 4 is 11.8 Å². The highest BCUT2D eigenvalue weighted by Gasteiger charge is 2.31. The Kier molecular flexibility index (Phi) is 7.90. The first-order valence-corrected chi connectivity index (χ1v) is 8.74. The molecule has 3 atom stereocenters. The Balaban J connectivity index is 2.50. The second-order valence-corrected chi connectivity index (χ2v) is 7.07. The minimum Gasteiger partial charge on any atom is -0.311 e. The lowest BCUT2D eigenvalue weighted by Crippen LogP contribution is -2.60. The van der Waals surface area contributed by atoms with Crippen molar-refractivity contribution in [2.45, 2.75) is 46.2 Å². The van der Waals surface area contributed by atoms with E-state index in [1.807, 2.05) is 11.8 Å². The molecule has 0 aromatic rings. The van der Waals surface area contributed by atoms with Gasteiger partial charge < -0.3 is 5.32 Å². The summed E-state index contributed by atoms with van der Waals surface area (Å²) in [6.07, 6.45) is 6.56. The highest BCUT2D eigenvalue weighted by atomic mass is 32.2. The van der Waals surface area contributed by atoms with Crippen molar-refractivity contribution in [1.82, 2.24) is 10.2 Å². The largest absolute Gasteiger partial charge is 0.311 e. The number of rotatable bonds is 7. The Bertz CT molecular complexity index is 285. The summed E-state index contributed by atoms with van der Waals surface area (Å²) in [4.78, 5) is 2.68. The fourth-order valence-electron chi connectivity index (χ4n) is 2.75. The van der Waals surface area contributed by atoms with Crippen LogP contribution in [0.15, 0.2) is 0 Å². The zero-order valence-electron chi connectivity index (χ0n) is 13.0. The minimum absolute atomic E-state index is 0.651. The molecule has 3 unspecified atom stereocenters. The third-order valence-corrected chi connectivity index (χ3v) is 5.14. The van der Waals surface area contributed by atoms with Gasteiger partial charge in [-0.3, -0.25) is 4.90 Å². The van der Waals surface area contributed by atoms with E-state index in [9.17, 15) is 0 Å². The maximum atomic E-state index is 5.31. The van der Waals surface area contributed by atoms with E-state index in [0.29, 0.717) is 18.0 Å². The summed E-state index contributed by atoms with van der Waals surface area (Å²) in [6.45, 7) is 12.8. The van der Waals surface area contributed by atoms with Crippen molar-refractivity contribution in [2.75, 3.05) is 31.1 Å². The summed E-state index contributed by atoms with van der Waals surface area (Å²) in [5.74, 6) is 6.17. The summed E-state index contributed by atoms with van der Waals surface area (Å²) in [7, 11) is 0. The smallest absolute Gasteiger partial charge is 0.0545 e. The minimum atomic E-state index is 0.651. The zero-order valence-corrected chi connectivity index (χ0v) is 13.8. The van der Waals surface area contributed by atoms with Gasteiger partial charge in [0.1, 0.15) is 0 Å². The average Bonchev–Trinajstić information content (AvgIpc) is 2.42. The van der Waals surface area contributed by atoms with Crippen LogP contribution in [0.25, 0.3) is 0 Å². The number of thioether (sulfide) groups is 1. The van der Waals surface area contributed by atoms with Crippen molar-refractivity contribution in [3.8, 4) is 12.3 Å². The van der Waals surface area contributed by atoms with Crippen LogP contribution in [0.3, 0.4) is 0 Å². The standard InChI is InChI=1S/C16H30N2S/c1-6-9-19-10-8-18-12-15(14(5)7-2)17-11-16(18)13(3)4/h1,13-17H,7-12H2,2-5H3. The number of piperazine rings is 1. The maximum Gasteiger partial charge on any atom is 0.0545 e. The molecule has 3 heteroatoms. The van der Waals surface area contributed by atoms with E-state index in [1.165, 1.54) is 19.5 Å². The molecule has 0 aromatic carbocycles. The molecule has 1 N–H and O–H groups in total. The molecule has 2 nitrogen and oxygen atoms in total. The summed E-state index contributed by atoms with van der Waals surface area (Å²) in [5.41, 5.74) is 0. The van der Waals surface area contributed by atoms with Gasteiger partial charge in [0, 0.05) is 37.5 Å². The van der Waals surface area contributed by atoms with Crippen LogP contribution in [0.5, 0.6) is 0 Å². The molecule has 0 amide bonds. The molecule has 1 heterocycles. The first-order chi connectivity index (χ1) is 9.10. The lowest BCUT2D eigenvalue weighted by molar-refractivity contribution is 0.0884. The van der Waals surface area contributed by atoms with Gasteiger partial charge in [-0.1, -0.05) is 40.0 Å². The van der Waals surface area contributed by atoms with Gasteiger partial charge in [0.25, 0.3) is 0 Å². The molecule has 0 bridgehead atoms. The second-order valence-electron chi connectivity index (χ2n) is 5.96. The molecule has 0 radical (unpaired) electrons. The van der Waals surface area contributed by atoms with E-state index in [4.69, 9.17) is 6.42 Å². The Hall–Kier alpha value is -0.170. The Morgan fingerprint density at radius 1 is 1.42 bits per heavy atom. The van der Waals surface area contributed by atoms with Crippen LogP contribution in [-0.4, -0.2) is 48.1 Å². The monoisotopic (exact) mass is 282 g/mol. The Labute approximate surface area is 124 Å². The van der Waals surface area contributed by atoms with Crippen LogP contribution in [0.2, 0.25) is 0 Å². The highest BCUT2D eigenvalue weighted by molar-refractivity contribution is 7.99. The average molecular weight is 282 g/mol. The van der Waals surface area contributed by atoms with Gasteiger partial charge in [0.2, 0.25) is 0 Å². The van der Waals surface area contributed by atoms with Crippen molar-refractivity contribution in [2.24, 2.45) is 11.8 Å². The van der Waals surface area contributed by atoms with E-state index in [-0.39, 0.29) is 0 Å². The van der Waals surface area contributed by atoms with Crippen molar-refractivity contribution in [3.63, 3.8) is 0 Å². The van der Waals surface area contributed by atoms with Crippen LogP contribution >= 0.6 is 11.8 Å². The van der Waals surface area contributed by atoms with Crippen molar-refractivity contribution < 1.29 is 0 Å². The molecule has 1 aliphatic heterocycles. The van der Waals surface area contributed by atoms with Crippen LogP contribution in [0, 0.1) is 24.2 Å². The molecule has 0 spiro atoms. The van der Waals surface area contributed by atoms with E-state index < -0.39 is 0 Å². The lowest BCUT2D eigenvalue weighted by Gasteiger charge is -2.44. The number of hydrogen-bond donors (Lipinski definition) is 1. The van der Waals surface area contributed by atoms with Crippen molar-refractivity contribution in [1.29, 1.82) is 0 Å². The number of nitrogens with zero attached hydrogens (tertiary/aromatic N) is 1. The third-order valence-electron chi connectivity index (χ3n) is 4.30. The van der Waals surface area contributed by atoms with Gasteiger partial charge in [-0.05, 0) is 11.8 Å². The maximum absolute atomic E-state index is 5.31. The molecule has 1 fully saturated rings. The Morgan fingerprint density at radius 2 is 2.16 bits per heavy atom. The topological polar surface area (TPSA) is 15.3 Å². The fraction of sp³-hybridized carbons (Fsp3) is 0.875. The van der Waals surface area contributed by atoms with Gasteiger partial charge in [-0.15, -0.1) is 18.2 Å². The van der Waals surface area contributed by atoms with E-state index in [0.717, 1.165) is 24.0 Å². The molecule has 19 heavy (non-hydrogen) atoms. The summed E-state index contributed by atoms with van der Waals surface area (Å²) in [5, 5.41) is 3.75. The first-order valence-electron chi connectivity index (χ1n) is 7.58. The Morgan fingerprint density at radius 3 is 2.74 bits per heavy atom. The quantitative estimate of drug-likeness (QED) is 0.571. The van der Waals surface area contributed by atoms with Crippen molar-refractivity contribution in [3.05, 3.63) is 0 Å². The molecule has 1 aliphatic rings. The molecular formula is C16H30N2S.